The molecular formula is C17H22ClNO2S. The van der Waals surface area contributed by atoms with E-state index in [1.165, 1.54) is 0 Å². The van der Waals surface area contributed by atoms with Crippen molar-refractivity contribution in [3.8, 4) is 0 Å². The van der Waals surface area contributed by atoms with Crippen LogP contribution < -0.4 is 0 Å². The summed E-state index contributed by atoms with van der Waals surface area (Å²) in [5.74, 6) is 0.147. The number of sulfone groups is 1. The van der Waals surface area contributed by atoms with Gasteiger partial charge in [0, 0.05) is 6.54 Å². The summed E-state index contributed by atoms with van der Waals surface area (Å²) in [6.07, 6.45) is 0. The maximum atomic E-state index is 12.8. The molecule has 0 N–H and O–H groups in total. The molecule has 0 unspecified atom stereocenters. The molecule has 2 aromatic rings. The van der Waals surface area contributed by atoms with Crippen LogP contribution in [0.5, 0.6) is 0 Å². The van der Waals surface area contributed by atoms with Crippen LogP contribution in [-0.4, -0.2) is 39.7 Å². The van der Waals surface area contributed by atoms with Crippen molar-refractivity contribution in [1.82, 2.24) is 4.90 Å². The molecule has 0 radical (unpaired) electrons. The van der Waals surface area contributed by atoms with Gasteiger partial charge in [-0.3, -0.25) is 0 Å². The Kier molecular flexibility index (Phi) is 7.07. The smallest absolute Gasteiger partial charge is 0.162 e. The number of halogens is 1. The van der Waals surface area contributed by atoms with Gasteiger partial charge in [0.15, 0.2) is 9.84 Å². The average Bonchev–Trinajstić information content (AvgIpc) is 2.47. The lowest BCUT2D eigenvalue weighted by molar-refractivity contribution is 0.431. The van der Waals surface area contributed by atoms with Crippen molar-refractivity contribution in [2.45, 2.75) is 5.25 Å². The predicted octanol–water partition coefficient (Wildman–Crippen LogP) is 3.17. The lowest BCUT2D eigenvalue weighted by atomic mass is 10.0. The first-order chi connectivity index (χ1) is 10.0. The van der Waals surface area contributed by atoms with Gasteiger partial charge in [0.05, 0.1) is 5.75 Å². The summed E-state index contributed by atoms with van der Waals surface area (Å²) in [5, 5.41) is -0.597. The maximum Gasteiger partial charge on any atom is 0.162 e. The van der Waals surface area contributed by atoms with Crippen molar-refractivity contribution < 1.29 is 8.42 Å². The van der Waals surface area contributed by atoms with Crippen LogP contribution in [0.1, 0.15) is 16.4 Å². The molecule has 3 nitrogen and oxygen atoms in total. The molecule has 0 spiro atoms. The molecule has 0 aliphatic heterocycles. The van der Waals surface area contributed by atoms with Crippen molar-refractivity contribution in [1.29, 1.82) is 0 Å². The summed E-state index contributed by atoms with van der Waals surface area (Å²) in [4.78, 5) is 1.89. The van der Waals surface area contributed by atoms with Crippen LogP contribution in [0.4, 0.5) is 0 Å². The Balaban J connectivity index is 0.00000242. The molecule has 0 fully saturated rings. The van der Waals surface area contributed by atoms with Crippen molar-refractivity contribution in [3.63, 3.8) is 0 Å². The molecule has 0 heterocycles. The van der Waals surface area contributed by atoms with E-state index in [0.29, 0.717) is 6.54 Å². The summed E-state index contributed by atoms with van der Waals surface area (Å²) < 4.78 is 25.6. The van der Waals surface area contributed by atoms with E-state index in [4.69, 9.17) is 0 Å². The number of hydrogen-bond donors (Lipinski definition) is 0. The molecule has 22 heavy (non-hydrogen) atoms. The number of nitrogens with zero attached hydrogens (tertiary/aromatic N) is 1. The van der Waals surface area contributed by atoms with Gasteiger partial charge < -0.3 is 4.90 Å². The Morgan fingerprint density at radius 2 is 1.27 bits per heavy atom. The third-order valence-corrected chi connectivity index (χ3v) is 5.40. The van der Waals surface area contributed by atoms with E-state index >= 15 is 0 Å². The van der Waals surface area contributed by atoms with E-state index in [0.717, 1.165) is 11.1 Å². The van der Waals surface area contributed by atoms with Crippen LogP contribution >= 0.6 is 12.4 Å². The van der Waals surface area contributed by atoms with E-state index in [2.05, 4.69) is 0 Å². The van der Waals surface area contributed by atoms with E-state index in [1.807, 2.05) is 79.7 Å². The maximum absolute atomic E-state index is 12.8. The zero-order valence-corrected chi connectivity index (χ0v) is 14.5. The highest BCUT2D eigenvalue weighted by molar-refractivity contribution is 7.91. The summed E-state index contributed by atoms with van der Waals surface area (Å²) in [6.45, 7) is 0.526. The first kappa shape index (κ1) is 18.7. The lowest BCUT2D eigenvalue weighted by Crippen LogP contribution is -2.26. The molecule has 0 saturated heterocycles. The van der Waals surface area contributed by atoms with Crippen molar-refractivity contribution in [3.05, 3.63) is 71.8 Å². The number of benzene rings is 2. The third kappa shape index (κ3) is 4.83. The van der Waals surface area contributed by atoms with Gasteiger partial charge >= 0.3 is 0 Å². The second kappa shape index (κ2) is 8.32. The van der Waals surface area contributed by atoms with Gasteiger partial charge in [-0.15, -0.1) is 12.4 Å². The van der Waals surface area contributed by atoms with E-state index in [9.17, 15) is 8.42 Å². The minimum atomic E-state index is -3.27. The van der Waals surface area contributed by atoms with Gasteiger partial charge in [-0.1, -0.05) is 60.7 Å². The van der Waals surface area contributed by atoms with E-state index in [-0.39, 0.29) is 18.2 Å². The van der Waals surface area contributed by atoms with Gasteiger partial charge in [0.2, 0.25) is 0 Å². The van der Waals surface area contributed by atoms with E-state index < -0.39 is 15.1 Å². The van der Waals surface area contributed by atoms with Crippen LogP contribution in [0, 0.1) is 0 Å². The predicted molar refractivity (Wildman–Crippen MR) is 94.3 cm³/mol. The fraction of sp³-hybridized carbons (Fsp3) is 0.294. The molecule has 2 rings (SSSR count). The Morgan fingerprint density at radius 3 is 1.64 bits per heavy atom. The van der Waals surface area contributed by atoms with Crippen molar-refractivity contribution in [2.75, 3.05) is 26.4 Å². The lowest BCUT2D eigenvalue weighted by Gasteiger charge is -2.20. The SMILES string of the molecule is CN(C)CCS(=O)(=O)C(c1ccccc1)c1ccccc1.Cl. The topological polar surface area (TPSA) is 37.4 Å². The molecule has 0 atom stereocenters. The molecule has 2 aromatic carbocycles. The Labute approximate surface area is 139 Å². The monoisotopic (exact) mass is 339 g/mol. The molecular weight excluding hydrogens is 318 g/mol. The molecule has 0 aliphatic rings. The number of rotatable bonds is 6. The van der Waals surface area contributed by atoms with Gasteiger partial charge in [-0.05, 0) is 25.2 Å². The Hall–Kier alpha value is -1.36. The van der Waals surface area contributed by atoms with Gasteiger partial charge in [0.25, 0.3) is 0 Å². The summed E-state index contributed by atoms with van der Waals surface area (Å²) in [6, 6.07) is 18.8. The average molecular weight is 340 g/mol. The van der Waals surface area contributed by atoms with Crippen LogP contribution in [0.15, 0.2) is 60.7 Å². The van der Waals surface area contributed by atoms with Gasteiger partial charge in [-0.2, -0.15) is 0 Å². The summed E-state index contributed by atoms with van der Waals surface area (Å²) >= 11 is 0. The largest absolute Gasteiger partial charge is 0.308 e. The van der Waals surface area contributed by atoms with Crippen LogP contribution in [0.2, 0.25) is 0 Å². The second-order valence-electron chi connectivity index (χ2n) is 5.37. The highest BCUT2D eigenvalue weighted by Crippen LogP contribution is 2.30. The molecule has 0 bridgehead atoms. The fourth-order valence-corrected chi connectivity index (χ4v) is 4.29. The minimum absolute atomic E-state index is 0. The standard InChI is InChI=1S/C17H21NO2S.ClH/c1-18(2)13-14-21(19,20)17(15-9-5-3-6-10-15)16-11-7-4-8-12-16;/h3-12,17H,13-14H2,1-2H3;1H. The third-order valence-electron chi connectivity index (χ3n) is 3.39. The zero-order valence-electron chi connectivity index (χ0n) is 12.8. The molecule has 0 amide bonds. The fourth-order valence-electron chi connectivity index (χ4n) is 2.29. The first-order valence-corrected chi connectivity index (χ1v) is 8.68. The normalized spacial score (nSPS) is 11.5. The molecule has 0 aromatic heterocycles. The molecule has 5 heteroatoms. The minimum Gasteiger partial charge on any atom is -0.308 e. The number of hydrogen-bond acceptors (Lipinski definition) is 3. The Bertz CT molecular complexity index is 618. The van der Waals surface area contributed by atoms with Crippen LogP contribution in [0.25, 0.3) is 0 Å². The molecule has 0 aliphatic carbocycles. The van der Waals surface area contributed by atoms with Crippen molar-refractivity contribution in [2.24, 2.45) is 0 Å². The van der Waals surface area contributed by atoms with Gasteiger partial charge in [-0.25, -0.2) is 8.42 Å². The summed E-state index contributed by atoms with van der Waals surface area (Å²) in [7, 11) is 0.504. The Morgan fingerprint density at radius 1 is 0.864 bits per heavy atom. The highest BCUT2D eigenvalue weighted by Gasteiger charge is 2.28. The second-order valence-corrected chi connectivity index (χ2v) is 7.58. The first-order valence-electron chi connectivity index (χ1n) is 6.97. The van der Waals surface area contributed by atoms with Gasteiger partial charge in [0.1, 0.15) is 5.25 Å². The van der Waals surface area contributed by atoms with Crippen LogP contribution in [-0.2, 0) is 9.84 Å². The van der Waals surface area contributed by atoms with Crippen molar-refractivity contribution >= 4 is 22.2 Å². The van der Waals surface area contributed by atoms with E-state index in [1.54, 1.807) is 0 Å². The molecule has 120 valence electrons. The quantitative estimate of drug-likeness (QED) is 0.811. The highest BCUT2D eigenvalue weighted by atomic mass is 35.5. The molecule has 0 saturated carbocycles. The summed E-state index contributed by atoms with van der Waals surface area (Å²) in [5.41, 5.74) is 1.64. The zero-order chi connectivity index (χ0) is 15.3. The van der Waals surface area contributed by atoms with Crippen LogP contribution in [0.3, 0.4) is 0 Å².